The van der Waals surface area contributed by atoms with Crippen molar-refractivity contribution >= 4 is 93.7 Å². The number of aromatic nitrogens is 5. The summed E-state index contributed by atoms with van der Waals surface area (Å²) in [5.74, 6) is -0.675. The lowest BCUT2D eigenvalue weighted by molar-refractivity contribution is -0.631. The van der Waals surface area contributed by atoms with E-state index in [1.807, 2.05) is 0 Å². The molecule has 0 radical (unpaired) electrons. The van der Waals surface area contributed by atoms with Crippen LogP contribution in [-0.4, -0.2) is 76.0 Å². The van der Waals surface area contributed by atoms with E-state index in [2.05, 4.69) is 20.4 Å². The number of nitrogens with two attached hydrogens (primary N) is 2. The molecule has 0 saturated carbocycles. The zero-order valence-corrected chi connectivity index (χ0v) is 25.1. The van der Waals surface area contributed by atoms with Crippen molar-refractivity contribution in [2.75, 3.05) is 28.7 Å². The average Bonchev–Trinajstić information content (AvgIpc) is 3.20. The number of carboxylic acids is 1. The maximum absolute atomic E-state index is 12.9. The molecule has 0 spiro atoms. The number of β-lactam (4-membered cyclic amide) rings is 1. The number of carbonyl (C=O) groups is 3. The van der Waals surface area contributed by atoms with Gasteiger partial charge in [-0.3, -0.25) is 14.5 Å². The van der Waals surface area contributed by atoms with Gasteiger partial charge >= 0.3 is 11.9 Å². The summed E-state index contributed by atoms with van der Waals surface area (Å²) in [6.45, 7) is 0. The van der Waals surface area contributed by atoms with Crippen molar-refractivity contribution in [2.45, 2.75) is 21.5 Å². The van der Waals surface area contributed by atoms with Crippen LogP contribution in [-0.2, 0) is 21.4 Å². The molecule has 0 aromatic carbocycles. The molecule has 2 aliphatic heterocycles. The number of thioether (sulfide) groups is 3. The number of nitrogen functional groups attached to an aromatic ring is 2. The fourth-order valence-corrected chi connectivity index (χ4v) is 7.62. The third kappa shape index (κ3) is 6.06. The minimum Gasteiger partial charge on any atom is -0.477 e. The molecule has 18 heteroatoms. The molecular weight excluding hydrogens is 633 g/mol. The van der Waals surface area contributed by atoms with Gasteiger partial charge in [-0.05, 0) is 17.7 Å². The highest BCUT2D eigenvalue weighted by Gasteiger charge is 2.53. The lowest BCUT2D eigenvalue weighted by Crippen LogP contribution is -2.70. The number of aliphatic carboxylic acids is 1. The molecule has 41 heavy (non-hydrogen) atoms. The zero-order chi connectivity index (χ0) is 29.4. The summed E-state index contributed by atoms with van der Waals surface area (Å²) in [5.41, 5.74) is 12.9. The number of allylic oxidation sites excluding steroid dienone is 1. The van der Waals surface area contributed by atoms with Gasteiger partial charge in [-0.1, -0.05) is 51.6 Å². The van der Waals surface area contributed by atoms with Crippen molar-refractivity contribution in [1.29, 1.82) is 0 Å². The Labute approximate surface area is 255 Å². The van der Waals surface area contributed by atoms with E-state index in [0.29, 0.717) is 44.5 Å². The van der Waals surface area contributed by atoms with Gasteiger partial charge in [0.05, 0.1) is 12.8 Å². The first-order valence-corrected chi connectivity index (χ1v) is 15.6. The van der Waals surface area contributed by atoms with E-state index in [0.717, 1.165) is 0 Å². The maximum atomic E-state index is 12.9. The molecule has 2 amide bonds. The molecule has 0 aliphatic carbocycles. The largest absolute Gasteiger partial charge is 0.477 e. The van der Waals surface area contributed by atoms with Gasteiger partial charge in [0.15, 0.2) is 0 Å². The molecule has 3 aromatic rings. The van der Waals surface area contributed by atoms with Crippen LogP contribution in [0.5, 0.6) is 0 Å². The third-order valence-electron chi connectivity index (χ3n) is 6.04. The number of carboxylic acid groups (broad SMARTS) is 1. The standard InChI is InChI=1S/C23H21Cl2N9O4S3/c1-32-16-7-14(26)29-23(34(16)31-22(32)27)39-4-2-3-10-8-41-20-17(19(36)33(20)18(10)21(37)38)30-15(35)9-40-11-5-12(24)28-13(25)6-11/h2-3,5-7,17,20,26H,4,8-9H2,1H3,(H4,27,30,31,35,37,38)/p+1/b3-2+/t17-,20-/m1/s1. The molecule has 6 N–H and O–H groups in total. The predicted octanol–water partition coefficient (Wildman–Crippen LogP) is 1.60. The van der Waals surface area contributed by atoms with Gasteiger partial charge in [0.2, 0.25) is 16.7 Å². The van der Waals surface area contributed by atoms with E-state index in [-0.39, 0.29) is 27.7 Å². The maximum Gasteiger partial charge on any atom is 0.376 e. The number of aryl methyl sites for hydroxylation is 1. The number of nitrogens with one attached hydrogen (secondary N) is 1. The number of anilines is 2. The quantitative estimate of drug-likeness (QED) is 0.0860. The molecule has 1 fully saturated rings. The highest BCUT2D eigenvalue weighted by molar-refractivity contribution is 8.00. The highest BCUT2D eigenvalue weighted by Crippen LogP contribution is 2.40. The number of pyridine rings is 1. The van der Waals surface area contributed by atoms with Gasteiger partial charge in [0.1, 0.15) is 33.2 Å². The number of hydrogen-bond donors (Lipinski definition) is 4. The van der Waals surface area contributed by atoms with E-state index in [9.17, 15) is 19.5 Å². The number of nitrogens with zero attached hydrogens (tertiary/aromatic N) is 6. The fraction of sp³-hybridized carbons (Fsp3) is 0.261. The molecule has 3 aromatic heterocycles. The van der Waals surface area contributed by atoms with Gasteiger partial charge in [-0.15, -0.1) is 23.5 Å². The second-order valence-corrected chi connectivity index (χ2v) is 12.7. The van der Waals surface area contributed by atoms with Crippen molar-refractivity contribution in [2.24, 2.45) is 7.05 Å². The first kappa shape index (κ1) is 29.3. The van der Waals surface area contributed by atoms with E-state index in [1.54, 1.807) is 46.5 Å². The van der Waals surface area contributed by atoms with Crippen LogP contribution in [0.2, 0.25) is 10.3 Å². The van der Waals surface area contributed by atoms with Gasteiger partial charge in [0, 0.05) is 27.6 Å². The fourth-order valence-electron chi connectivity index (χ4n) is 4.17. The molecule has 5 heterocycles. The Morgan fingerprint density at radius 2 is 1.98 bits per heavy atom. The molecule has 0 unspecified atom stereocenters. The number of halogens is 2. The molecule has 2 aliphatic rings. The SMILES string of the molecule is C[n+]1c(N)nn2c(SC/C=C/C3=C(C(=O)O)N4C(=O)[C@@H](NC(=O)CSc5cc(Cl)nc(Cl)c5)[C@H]4SC3)nc(N)cc21. The summed E-state index contributed by atoms with van der Waals surface area (Å²) in [7, 11) is 1.76. The molecule has 1 saturated heterocycles. The van der Waals surface area contributed by atoms with Crippen LogP contribution in [0.25, 0.3) is 5.65 Å². The van der Waals surface area contributed by atoms with Crippen LogP contribution in [0.15, 0.2) is 51.7 Å². The van der Waals surface area contributed by atoms with E-state index in [4.69, 9.17) is 34.7 Å². The van der Waals surface area contributed by atoms with Crippen LogP contribution in [0.3, 0.4) is 0 Å². The van der Waals surface area contributed by atoms with Gasteiger partial charge in [-0.2, -0.15) is 4.98 Å². The first-order chi connectivity index (χ1) is 19.5. The van der Waals surface area contributed by atoms with Crippen LogP contribution < -0.4 is 21.4 Å². The van der Waals surface area contributed by atoms with Crippen LogP contribution in [0.4, 0.5) is 11.8 Å². The Morgan fingerprint density at radius 3 is 2.68 bits per heavy atom. The lowest BCUT2D eigenvalue weighted by Gasteiger charge is -2.49. The molecule has 2 atom stereocenters. The first-order valence-electron chi connectivity index (χ1n) is 11.8. The highest BCUT2D eigenvalue weighted by atomic mass is 35.5. The second-order valence-electron chi connectivity index (χ2n) is 8.74. The Balaban J connectivity index is 1.22. The molecule has 5 rings (SSSR count). The molecule has 13 nitrogen and oxygen atoms in total. The van der Waals surface area contributed by atoms with Crippen LogP contribution >= 0.6 is 58.5 Å². The van der Waals surface area contributed by atoms with E-state index < -0.39 is 23.3 Å². The van der Waals surface area contributed by atoms with Crippen molar-refractivity contribution in [3.63, 3.8) is 0 Å². The van der Waals surface area contributed by atoms with Crippen molar-refractivity contribution in [3.05, 3.63) is 51.9 Å². The van der Waals surface area contributed by atoms with Crippen LogP contribution in [0, 0.1) is 0 Å². The predicted molar refractivity (Wildman–Crippen MR) is 158 cm³/mol. The van der Waals surface area contributed by atoms with Crippen molar-refractivity contribution < 1.29 is 24.1 Å². The smallest absolute Gasteiger partial charge is 0.376 e. The lowest BCUT2D eigenvalue weighted by atomic mass is 10.0. The topological polar surface area (TPSA) is 186 Å². The number of hydrogen-bond acceptors (Lipinski definition) is 11. The number of amides is 2. The molecular formula is C23H22Cl2N9O4S3+. The summed E-state index contributed by atoms with van der Waals surface area (Å²) in [6.07, 6.45) is 3.47. The Bertz CT molecular complexity index is 1630. The van der Waals surface area contributed by atoms with E-state index in [1.165, 1.54) is 40.2 Å². The summed E-state index contributed by atoms with van der Waals surface area (Å²) in [4.78, 5) is 47.7. The van der Waals surface area contributed by atoms with Gasteiger partial charge < -0.3 is 21.9 Å². The number of rotatable bonds is 9. The van der Waals surface area contributed by atoms with Crippen molar-refractivity contribution in [3.8, 4) is 0 Å². The Morgan fingerprint density at radius 1 is 1.24 bits per heavy atom. The molecule has 214 valence electrons. The Hall–Kier alpha value is -3.18. The molecule has 0 bridgehead atoms. The summed E-state index contributed by atoms with van der Waals surface area (Å²) in [6, 6.07) is 3.99. The minimum atomic E-state index is -1.22. The summed E-state index contributed by atoms with van der Waals surface area (Å²) in [5, 5.41) is 17.3. The normalized spacial score (nSPS) is 18.6. The second kappa shape index (κ2) is 12.0. The summed E-state index contributed by atoms with van der Waals surface area (Å²) < 4.78 is 3.27. The van der Waals surface area contributed by atoms with Crippen LogP contribution in [0.1, 0.15) is 0 Å². The average molecular weight is 656 g/mol. The van der Waals surface area contributed by atoms with Crippen molar-refractivity contribution in [1.82, 2.24) is 29.8 Å². The number of carbonyl (C=O) groups excluding carboxylic acids is 2. The third-order valence-corrected chi connectivity index (χ3v) is 9.59. The monoisotopic (exact) mass is 654 g/mol. The number of fused-ring (bicyclic) bond motifs is 2. The zero-order valence-electron chi connectivity index (χ0n) is 21.2. The summed E-state index contributed by atoms with van der Waals surface area (Å²) >= 11 is 15.7. The minimum absolute atomic E-state index is 0.0166. The van der Waals surface area contributed by atoms with Gasteiger partial charge in [0.25, 0.3) is 5.91 Å². The van der Waals surface area contributed by atoms with Gasteiger partial charge in [-0.25, -0.2) is 14.3 Å². The Kier molecular flexibility index (Phi) is 8.56. The van der Waals surface area contributed by atoms with E-state index >= 15 is 0 Å².